The Bertz CT molecular complexity index is 695. The zero-order valence-electron chi connectivity index (χ0n) is 12.5. The molecule has 2 heterocycles. The molecule has 0 radical (unpaired) electrons. The molecule has 0 saturated heterocycles. The van der Waals surface area contributed by atoms with Crippen molar-refractivity contribution in [2.45, 2.75) is 17.5 Å². The monoisotopic (exact) mass is 341 g/mol. The van der Waals surface area contributed by atoms with Crippen molar-refractivity contribution in [3.05, 3.63) is 52.2 Å². The lowest BCUT2D eigenvalue weighted by molar-refractivity contribution is -0.0441. The first-order chi connectivity index (χ1) is 10.4. The summed E-state index contributed by atoms with van der Waals surface area (Å²) >= 11 is 1.80. The predicted octanol–water partition coefficient (Wildman–Crippen LogP) is 2.81. The average Bonchev–Trinajstić information content (AvgIpc) is 2.96. The highest BCUT2D eigenvalue weighted by atomic mass is 32.2. The Kier molecular flexibility index (Phi) is 5.71. The molecule has 5 nitrogen and oxygen atoms in total. The molecule has 1 atom stereocenters. The van der Waals surface area contributed by atoms with E-state index in [2.05, 4.69) is 30.4 Å². The van der Waals surface area contributed by atoms with Crippen molar-refractivity contribution < 1.29 is 17.7 Å². The number of nitrogens with zero attached hydrogens (tertiary/aromatic N) is 1. The van der Waals surface area contributed by atoms with Crippen LogP contribution in [0, 0.1) is 0 Å². The SMILES string of the molecule is CN(C)C1OCCc2ccsc21.O=S(=O)(O)c1ccccc1. The second-order valence-electron chi connectivity index (χ2n) is 5.03. The number of hydrogen-bond donors (Lipinski definition) is 1. The molecule has 0 aliphatic carbocycles. The normalized spacial score (nSPS) is 17.5. The second-order valence-corrected chi connectivity index (χ2v) is 7.40. The molecular formula is C15H19NO4S2. The van der Waals surface area contributed by atoms with Crippen molar-refractivity contribution in [2.24, 2.45) is 0 Å². The van der Waals surface area contributed by atoms with E-state index in [0.29, 0.717) is 0 Å². The first-order valence-electron chi connectivity index (χ1n) is 6.76. The van der Waals surface area contributed by atoms with Crippen molar-refractivity contribution in [2.75, 3.05) is 20.7 Å². The van der Waals surface area contributed by atoms with Gasteiger partial charge in [0.25, 0.3) is 10.1 Å². The van der Waals surface area contributed by atoms with Gasteiger partial charge in [-0.2, -0.15) is 8.42 Å². The van der Waals surface area contributed by atoms with Gasteiger partial charge in [-0.25, -0.2) is 0 Å². The summed E-state index contributed by atoms with van der Waals surface area (Å²) in [5, 5.41) is 2.15. The first kappa shape index (κ1) is 17.1. The molecule has 22 heavy (non-hydrogen) atoms. The summed E-state index contributed by atoms with van der Waals surface area (Å²) < 4.78 is 34.9. The highest BCUT2D eigenvalue weighted by Gasteiger charge is 2.23. The first-order valence-corrected chi connectivity index (χ1v) is 9.08. The molecule has 1 aliphatic rings. The van der Waals surface area contributed by atoms with E-state index < -0.39 is 10.1 Å². The Morgan fingerprint density at radius 3 is 2.45 bits per heavy atom. The van der Waals surface area contributed by atoms with E-state index in [4.69, 9.17) is 9.29 Å². The predicted molar refractivity (Wildman–Crippen MR) is 86.7 cm³/mol. The van der Waals surface area contributed by atoms with Crippen LogP contribution in [0.25, 0.3) is 0 Å². The van der Waals surface area contributed by atoms with Gasteiger partial charge in [-0.15, -0.1) is 11.3 Å². The molecule has 1 N–H and O–H groups in total. The molecule has 0 bridgehead atoms. The fourth-order valence-corrected chi connectivity index (χ4v) is 3.70. The zero-order valence-corrected chi connectivity index (χ0v) is 14.1. The summed E-state index contributed by atoms with van der Waals surface area (Å²) in [6.45, 7) is 0.854. The molecule has 1 aromatic carbocycles. The van der Waals surface area contributed by atoms with Crippen LogP contribution in [-0.2, 0) is 21.3 Å². The lowest BCUT2D eigenvalue weighted by Gasteiger charge is -2.28. The molecule has 120 valence electrons. The minimum atomic E-state index is -4.00. The van der Waals surface area contributed by atoms with Gasteiger partial charge in [-0.1, -0.05) is 18.2 Å². The van der Waals surface area contributed by atoms with Crippen molar-refractivity contribution in [3.8, 4) is 0 Å². The topological polar surface area (TPSA) is 66.8 Å². The molecule has 1 aliphatic heterocycles. The molecule has 0 spiro atoms. The van der Waals surface area contributed by atoms with Crippen LogP contribution in [0.1, 0.15) is 16.7 Å². The van der Waals surface area contributed by atoms with E-state index in [1.165, 1.54) is 22.6 Å². The van der Waals surface area contributed by atoms with Gasteiger partial charge in [-0.3, -0.25) is 9.45 Å². The largest absolute Gasteiger partial charge is 0.358 e. The smallest absolute Gasteiger partial charge is 0.294 e. The van der Waals surface area contributed by atoms with Crippen LogP contribution in [0.3, 0.4) is 0 Å². The average molecular weight is 341 g/mol. The molecule has 0 saturated carbocycles. The Balaban J connectivity index is 0.000000164. The molecule has 3 rings (SSSR count). The Morgan fingerprint density at radius 1 is 1.23 bits per heavy atom. The van der Waals surface area contributed by atoms with Crippen LogP contribution >= 0.6 is 11.3 Å². The lowest BCUT2D eigenvalue weighted by atomic mass is 10.1. The third kappa shape index (κ3) is 4.37. The molecule has 2 aromatic rings. The van der Waals surface area contributed by atoms with Crippen LogP contribution in [0.15, 0.2) is 46.7 Å². The fraction of sp³-hybridized carbons (Fsp3) is 0.333. The second kappa shape index (κ2) is 7.34. The number of fused-ring (bicyclic) bond motifs is 1. The van der Waals surface area contributed by atoms with E-state index in [0.717, 1.165) is 13.0 Å². The van der Waals surface area contributed by atoms with E-state index >= 15 is 0 Å². The van der Waals surface area contributed by atoms with Gasteiger partial charge in [0.15, 0.2) is 0 Å². The maximum Gasteiger partial charge on any atom is 0.294 e. The van der Waals surface area contributed by atoms with Crippen molar-refractivity contribution in [3.63, 3.8) is 0 Å². The summed E-state index contributed by atoms with van der Waals surface area (Å²) in [5.74, 6) is 0. The van der Waals surface area contributed by atoms with Crippen molar-refractivity contribution in [1.29, 1.82) is 0 Å². The van der Waals surface area contributed by atoms with Crippen molar-refractivity contribution >= 4 is 21.5 Å². The highest BCUT2D eigenvalue weighted by Crippen LogP contribution is 2.32. The molecule has 1 unspecified atom stereocenters. The highest BCUT2D eigenvalue weighted by molar-refractivity contribution is 7.85. The van der Waals surface area contributed by atoms with E-state index in [-0.39, 0.29) is 11.1 Å². The Hall–Kier alpha value is -1.25. The summed E-state index contributed by atoms with van der Waals surface area (Å²) in [6.07, 6.45) is 1.26. The summed E-state index contributed by atoms with van der Waals surface area (Å²) in [5.41, 5.74) is 1.46. The van der Waals surface area contributed by atoms with Gasteiger partial charge in [0.1, 0.15) is 6.23 Å². The van der Waals surface area contributed by atoms with E-state index in [1.54, 1.807) is 29.5 Å². The minimum absolute atomic E-state index is 0.0741. The summed E-state index contributed by atoms with van der Waals surface area (Å²) in [4.78, 5) is 3.43. The molecule has 0 amide bonds. The van der Waals surface area contributed by atoms with Gasteiger partial charge in [-0.05, 0) is 49.7 Å². The maximum atomic E-state index is 10.4. The van der Waals surface area contributed by atoms with Crippen LogP contribution in [0.2, 0.25) is 0 Å². The molecule has 0 fully saturated rings. The molecular weight excluding hydrogens is 322 g/mol. The lowest BCUT2D eigenvalue weighted by Crippen LogP contribution is -2.26. The number of hydrogen-bond acceptors (Lipinski definition) is 5. The standard InChI is InChI=1S/C9H13NOS.C6H6O3S/c1-10(2)9-8-7(3-5-11-9)4-6-12-8;7-10(8,9)6-4-2-1-3-5-6/h4,6,9H,3,5H2,1-2H3;1-5H,(H,7,8,9). The van der Waals surface area contributed by atoms with Gasteiger partial charge >= 0.3 is 0 Å². The van der Waals surface area contributed by atoms with Crippen LogP contribution in [0.4, 0.5) is 0 Å². The fourth-order valence-electron chi connectivity index (χ4n) is 2.10. The third-order valence-corrected chi connectivity index (χ3v) is 5.02. The minimum Gasteiger partial charge on any atom is -0.358 e. The van der Waals surface area contributed by atoms with E-state index in [9.17, 15) is 8.42 Å². The number of thiophene rings is 1. The van der Waals surface area contributed by atoms with Crippen LogP contribution < -0.4 is 0 Å². The molecule has 7 heteroatoms. The van der Waals surface area contributed by atoms with Gasteiger partial charge in [0.2, 0.25) is 0 Å². The number of ether oxygens (including phenoxy) is 1. The Morgan fingerprint density at radius 2 is 1.91 bits per heavy atom. The van der Waals surface area contributed by atoms with Crippen molar-refractivity contribution in [1.82, 2.24) is 4.90 Å². The number of benzene rings is 1. The van der Waals surface area contributed by atoms with Gasteiger partial charge in [0, 0.05) is 0 Å². The van der Waals surface area contributed by atoms with E-state index in [1.807, 2.05) is 0 Å². The van der Waals surface area contributed by atoms with Gasteiger partial charge in [0.05, 0.1) is 16.4 Å². The van der Waals surface area contributed by atoms with Crippen LogP contribution in [-0.4, -0.2) is 38.6 Å². The maximum absolute atomic E-state index is 10.4. The third-order valence-electron chi connectivity index (χ3n) is 3.16. The summed E-state index contributed by atoms with van der Waals surface area (Å²) in [6, 6.07) is 9.63. The summed E-state index contributed by atoms with van der Waals surface area (Å²) in [7, 11) is 0.107. The zero-order chi connectivity index (χ0) is 16.2. The molecule has 1 aromatic heterocycles. The Labute approximate surface area is 134 Å². The quantitative estimate of drug-likeness (QED) is 0.851. The number of rotatable bonds is 2. The van der Waals surface area contributed by atoms with Gasteiger partial charge < -0.3 is 4.74 Å². The van der Waals surface area contributed by atoms with Crippen LogP contribution in [0.5, 0.6) is 0 Å².